The summed E-state index contributed by atoms with van der Waals surface area (Å²) in [5.41, 5.74) is 7.46. The first-order chi connectivity index (χ1) is 8.97. The quantitative estimate of drug-likeness (QED) is 0.841. The number of aryl methyl sites for hydroxylation is 1. The standard InChI is InChI=1S/C14H12Cl2FNO/c1-8-4-14(12(17)6-13(8)18)19-7-9-5-10(15)2-3-11(9)16/h2-6H,7,18H2,1H3. The third kappa shape index (κ3) is 3.31. The Kier molecular flexibility index (Phi) is 4.17. The number of hydrogen-bond donors (Lipinski definition) is 1. The van der Waals surface area contributed by atoms with E-state index in [2.05, 4.69) is 0 Å². The molecule has 0 unspecified atom stereocenters. The lowest BCUT2D eigenvalue weighted by atomic mass is 10.2. The van der Waals surface area contributed by atoms with Crippen molar-refractivity contribution in [3.05, 3.63) is 57.3 Å². The van der Waals surface area contributed by atoms with Crippen LogP contribution in [0.5, 0.6) is 5.75 Å². The molecule has 0 aromatic heterocycles. The van der Waals surface area contributed by atoms with Gasteiger partial charge in [0.05, 0.1) is 0 Å². The van der Waals surface area contributed by atoms with Gasteiger partial charge >= 0.3 is 0 Å². The fraction of sp³-hybridized carbons (Fsp3) is 0.143. The molecular weight excluding hydrogens is 288 g/mol. The maximum absolute atomic E-state index is 13.6. The van der Waals surface area contributed by atoms with Crippen LogP contribution in [0.1, 0.15) is 11.1 Å². The maximum atomic E-state index is 13.6. The van der Waals surface area contributed by atoms with E-state index in [9.17, 15) is 4.39 Å². The van der Waals surface area contributed by atoms with E-state index in [0.717, 1.165) is 5.56 Å². The molecule has 2 aromatic carbocycles. The normalized spacial score (nSPS) is 10.5. The maximum Gasteiger partial charge on any atom is 0.167 e. The zero-order chi connectivity index (χ0) is 14.0. The number of rotatable bonds is 3. The summed E-state index contributed by atoms with van der Waals surface area (Å²) in [5.74, 6) is -0.357. The molecule has 0 radical (unpaired) electrons. The molecule has 0 aliphatic rings. The summed E-state index contributed by atoms with van der Waals surface area (Å²) >= 11 is 11.9. The zero-order valence-corrected chi connectivity index (χ0v) is 11.7. The third-order valence-corrected chi connectivity index (χ3v) is 3.32. The van der Waals surface area contributed by atoms with Gasteiger partial charge in [0.2, 0.25) is 0 Å². The Morgan fingerprint density at radius 3 is 2.68 bits per heavy atom. The lowest BCUT2D eigenvalue weighted by Crippen LogP contribution is -2.00. The third-order valence-electron chi connectivity index (χ3n) is 2.71. The average molecular weight is 300 g/mol. The van der Waals surface area contributed by atoms with Gasteiger partial charge in [0, 0.05) is 27.4 Å². The van der Waals surface area contributed by atoms with Crippen LogP contribution in [-0.2, 0) is 6.61 Å². The van der Waals surface area contributed by atoms with E-state index in [0.29, 0.717) is 21.3 Å². The molecule has 2 rings (SSSR count). The number of benzene rings is 2. The van der Waals surface area contributed by atoms with Crippen molar-refractivity contribution in [1.82, 2.24) is 0 Å². The van der Waals surface area contributed by atoms with E-state index < -0.39 is 5.82 Å². The van der Waals surface area contributed by atoms with E-state index in [1.807, 2.05) is 0 Å². The molecule has 0 atom stereocenters. The summed E-state index contributed by atoms with van der Waals surface area (Å²) in [6.45, 7) is 1.92. The fourth-order valence-electron chi connectivity index (χ4n) is 1.59. The van der Waals surface area contributed by atoms with Crippen LogP contribution in [0.25, 0.3) is 0 Å². The summed E-state index contributed by atoms with van der Waals surface area (Å²) in [6.07, 6.45) is 0. The first-order valence-electron chi connectivity index (χ1n) is 5.59. The van der Waals surface area contributed by atoms with Crippen LogP contribution in [0.4, 0.5) is 10.1 Å². The van der Waals surface area contributed by atoms with Crippen LogP contribution < -0.4 is 10.5 Å². The van der Waals surface area contributed by atoms with Gasteiger partial charge in [-0.3, -0.25) is 0 Å². The zero-order valence-electron chi connectivity index (χ0n) is 10.2. The molecule has 0 aliphatic carbocycles. The van der Waals surface area contributed by atoms with Gasteiger partial charge < -0.3 is 10.5 Å². The van der Waals surface area contributed by atoms with E-state index >= 15 is 0 Å². The van der Waals surface area contributed by atoms with Gasteiger partial charge in [-0.1, -0.05) is 23.2 Å². The van der Waals surface area contributed by atoms with E-state index in [1.54, 1.807) is 31.2 Å². The van der Waals surface area contributed by atoms with E-state index in [4.69, 9.17) is 33.7 Å². The number of halogens is 3. The highest BCUT2D eigenvalue weighted by Crippen LogP contribution is 2.26. The second-order valence-corrected chi connectivity index (χ2v) is 5.01. The molecule has 0 aliphatic heterocycles. The second kappa shape index (κ2) is 5.68. The smallest absolute Gasteiger partial charge is 0.167 e. The first kappa shape index (κ1) is 14.0. The predicted molar refractivity (Wildman–Crippen MR) is 76.3 cm³/mol. The largest absolute Gasteiger partial charge is 0.486 e. The van der Waals surface area contributed by atoms with Gasteiger partial charge in [-0.25, -0.2) is 4.39 Å². The van der Waals surface area contributed by atoms with Crippen molar-refractivity contribution >= 4 is 28.9 Å². The number of anilines is 1. The molecule has 0 bridgehead atoms. The van der Waals surface area contributed by atoms with Crippen LogP contribution in [-0.4, -0.2) is 0 Å². The topological polar surface area (TPSA) is 35.2 Å². The lowest BCUT2D eigenvalue weighted by molar-refractivity contribution is 0.290. The number of nitrogen functional groups attached to an aromatic ring is 1. The second-order valence-electron chi connectivity index (χ2n) is 4.16. The van der Waals surface area contributed by atoms with Gasteiger partial charge in [-0.2, -0.15) is 0 Å². The summed E-state index contributed by atoms with van der Waals surface area (Å²) < 4.78 is 19.1. The Bertz CT molecular complexity index is 617. The SMILES string of the molecule is Cc1cc(OCc2cc(Cl)ccc2Cl)c(F)cc1N. The van der Waals surface area contributed by atoms with Gasteiger partial charge in [-0.15, -0.1) is 0 Å². The Balaban J connectivity index is 2.19. The average Bonchev–Trinajstić information content (AvgIpc) is 2.36. The van der Waals surface area contributed by atoms with Gasteiger partial charge in [0.15, 0.2) is 11.6 Å². The molecule has 5 heteroatoms. The van der Waals surface area contributed by atoms with Gasteiger partial charge in [-0.05, 0) is 36.8 Å². The highest BCUT2D eigenvalue weighted by atomic mass is 35.5. The molecule has 0 fully saturated rings. The van der Waals surface area contributed by atoms with Crippen molar-refractivity contribution in [2.75, 3.05) is 5.73 Å². The summed E-state index contributed by atoms with van der Waals surface area (Å²) in [4.78, 5) is 0. The molecule has 0 spiro atoms. The molecule has 0 heterocycles. The summed E-state index contributed by atoms with van der Waals surface area (Å²) in [7, 11) is 0. The molecule has 0 saturated carbocycles. The molecule has 2 nitrogen and oxygen atoms in total. The predicted octanol–water partition coefficient (Wildman–Crippen LogP) is 4.60. The highest BCUT2D eigenvalue weighted by Gasteiger charge is 2.08. The monoisotopic (exact) mass is 299 g/mol. The van der Waals surface area contributed by atoms with Crippen LogP contribution in [0.3, 0.4) is 0 Å². The molecule has 2 N–H and O–H groups in total. The van der Waals surface area contributed by atoms with Crippen molar-refractivity contribution in [3.63, 3.8) is 0 Å². The minimum Gasteiger partial charge on any atom is -0.486 e. The molecule has 0 saturated heterocycles. The Labute approximate surface area is 120 Å². The number of nitrogens with two attached hydrogens (primary N) is 1. The lowest BCUT2D eigenvalue weighted by Gasteiger charge is -2.11. The van der Waals surface area contributed by atoms with Crippen molar-refractivity contribution in [2.45, 2.75) is 13.5 Å². The van der Waals surface area contributed by atoms with E-state index in [-0.39, 0.29) is 12.4 Å². The van der Waals surface area contributed by atoms with Crippen LogP contribution in [0.15, 0.2) is 30.3 Å². The van der Waals surface area contributed by atoms with Crippen LogP contribution >= 0.6 is 23.2 Å². The minimum atomic E-state index is -0.499. The van der Waals surface area contributed by atoms with Crippen LogP contribution in [0, 0.1) is 12.7 Å². The Hall–Kier alpha value is -1.45. The van der Waals surface area contributed by atoms with Crippen molar-refractivity contribution in [1.29, 1.82) is 0 Å². The molecule has 100 valence electrons. The van der Waals surface area contributed by atoms with Crippen molar-refractivity contribution in [2.24, 2.45) is 0 Å². The number of ether oxygens (including phenoxy) is 1. The van der Waals surface area contributed by atoms with Crippen molar-refractivity contribution < 1.29 is 9.13 Å². The summed E-state index contributed by atoms with van der Waals surface area (Å²) in [6, 6.07) is 7.84. The van der Waals surface area contributed by atoms with Gasteiger partial charge in [0.1, 0.15) is 6.61 Å². The summed E-state index contributed by atoms with van der Waals surface area (Å²) in [5, 5.41) is 1.08. The molecular formula is C14H12Cl2FNO. The molecule has 19 heavy (non-hydrogen) atoms. The van der Waals surface area contributed by atoms with Crippen molar-refractivity contribution in [3.8, 4) is 5.75 Å². The van der Waals surface area contributed by atoms with Gasteiger partial charge in [0.25, 0.3) is 0 Å². The number of hydrogen-bond acceptors (Lipinski definition) is 2. The Morgan fingerprint density at radius 2 is 1.95 bits per heavy atom. The Morgan fingerprint density at radius 1 is 1.21 bits per heavy atom. The first-order valence-corrected chi connectivity index (χ1v) is 6.35. The highest BCUT2D eigenvalue weighted by molar-refractivity contribution is 6.33. The molecule has 0 amide bonds. The van der Waals surface area contributed by atoms with Crippen LogP contribution in [0.2, 0.25) is 10.0 Å². The fourth-order valence-corrected chi connectivity index (χ4v) is 1.96. The minimum absolute atomic E-state index is 0.139. The molecule has 2 aromatic rings. The van der Waals surface area contributed by atoms with E-state index in [1.165, 1.54) is 6.07 Å².